The quantitative estimate of drug-likeness (QED) is 0.0387. The first-order valence-corrected chi connectivity index (χ1v) is 27.3. The second-order valence-electron chi connectivity index (χ2n) is 18.8. The van der Waals surface area contributed by atoms with Crippen molar-refractivity contribution in [2.75, 3.05) is 45.7 Å². The van der Waals surface area contributed by atoms with Crippen LogP contribution in [-0.2, 0) is 46.4 Å². The van der Waals surface area contributed by atoms with Crippen LogP contribution in [0.5, 0.6) is 0 Å². The molecular formula is C53H93N3O8S. The van der Waals surface area contributed by atoms with Gasteiger partial charge in [0.1, 0.15) is 11.1 Å². The molecule has 0 unspecified atom stereocenters. The minimum absolute atomic E-state index is 0.0144. The largest absolute Gasteiger partial charge is 0.466 e. The fourth-order valence-corrected chi connectivity index (χ4v) is 9.74. The molecule has 2 heterocycles. The number of carbonyl (C=O) groups is 5. The van der Waals surface area contributed by atoms with E-state index in [9.17, 15) is 24.0 Å². The predicted molar refractivity (Wildman–Crippen MR) is 267 cm³/mol. The third-order valence-electron chi connectivity index (χ3n) is 12.5. The van der Waals surface area contributed by atoms with Gasteiger partial charge in [0, 0.05) is 43.6 Å². The second-order valence-corrected chi connectivity index (χ2v) is 19.9. The Labute approximate surface area is 399 Å². The Kier molecular flexibility index (Phi) is 34.0. The number of thiophene rings is 1. The van der Waals surface area contributed by atoms with E-state index >= 15 is 0 Å². The molecule has 12 heteroatoms. The zero-order chi connectivity index (χ0) is 47.3. The van der Waals surface area contributed by atoms with Crippen molar-refractivity contribution in [3.8, 4) is 0 Å². The molecule has 1 aromatic rings. The Morgan fingerprint density at radius 2 is 1.11 bits per heavy atom. The molecular weight excluding hydrogens is 839 g/mol. The zero-order valence-electron chi connectivity index (χ0n) is 42.0. The smallest absolute Gasteiger partial charge is 0.341 e. The SMILES string of the molecule is CCCCCCCCCCCOC(=O)CCCCC(=O)Nc1sc2c(c1C(=O)OCCCN(C)C)CCN(C(=O)CCCCC(=O)OC(CCCCCCCC)CCCCCCCC)C2. The average Bonchev–Trinajstić information content (AvgIpc) is 3.64. The Morgan fingerprint density at radius 1 is 0.600 bits per heavy atom. The van der Waals surface area contributed by atoms with Gasteiger partial charge in [-0.3, -0.25) is 19.2 Å². The van der Waals surface area contributed by atoms with Crippen molar-refractivity contribution in [3.63, 3.8) is 0 Å². The van der Waals surface area contributed by atoms with Crippen molar-refractivity contribution in [3.05, 3.63) is 16.0 Å². The van der Waals surface area contributed by atoms with Crippen LogP contribution in [0.3, 0.4) is 0 Å². The molecule has 0 aromatic carbocycles. The number of hydrogen-bond acceptors (Lipinski definition) is 10. The van der Waals surface area contributed by atoms with Gasteiger partial charge in [0.2, 0.25) is 11.8 Å². The van der Waals surface area contributed by atoms with E-state index in [1.54, 1.807) is 0 Å². The molecule has 0 aliphatic carbocycles. The van der Waals surface area contributed by atoms with Gasteiger partial charge in [-0.05, 0) is 90.3 Å². The number of fused-ring (bicyclic) bond motifs is 1. The molecule has 1 aliphatic rings. The number of hydrogen-bond donors (Lipinski definition) is 1. The average molecular weight is 932 g/mol. The number of carbonyl (C=O) groups excluding carboxylic acids is 5. The van der Waals surface area contributed by atoms with Gasteiger partial charge in [-0.2, -0.15) is 0 Å². The molecule has 2 amide bonds. The maximum atomic E-state index is 13.5. The van der Waals surface area contributed by atoms with E-state index in [4.69, 9.17) is 14.2 Å². The highest BCUT2D eigenvalue weighted by Crippen LogP contribution is 2.38. The van der Waals surface area contributed by atoms with Crippen molar-refractivity contribution < 1.29 is 38.2 Å². The minimum atomic E-state index is -0.459. The Bertz CT molecular complexity index is 1430. The first-order valence-electron chi connectivity index (χ1n) is 26.5. The van der Waals surface area contributed by atoms with Crippen LogP contribution in [0.25, 0.3) is 0 Å². The van der Waals surface area contributed by atoms with Gasteiger partial charge in [-0.15, -0.1) is 11.3 Å². The molecule has 0 atom stereocenters. The van der Waals surface area contributed by atoms with E-state index in [2.05, 4.69) is 26.1 Å². The number of nitrogens with one attached hydrogen (secondary N) is 1. The summed E-state index contributed by atoms with van der Waals surface area (Å²) in [6.07, 6.45) is 32.0. The first-order chi connectivity index (χ1) is 31.6. The maximum absolute atomic E-state index is 13.5. The number of unbranched alkanes of at least 4 members (excludes halogenated alkanes) is 20. The summed E-state index contributed by atoms with van der Waals surface area (Å²) in [6, 6.07) is 0. The van der Waals surface area contributed by atoms with E-state index in [-0.39, 0.29) is 49.3 Å². The molecule has 2 rings (SSSR count). The van der Waals surface area contributed by atoms with Crippen LogP contribution in [0.15, 0.2) is 0 Å². The summed E-state index contributed by atoms with van der Waals surface area (Å²) in [7, 11) is 3.94. The summed E-state index contributed by atoms with van der Waals surface area (Å²) < 4.78 is 17.2. The minimum Gasteiger partial charge on any atom is -0.466 e. The summed E-state index contributed by atoms with van der Waals surface area (Å²) in [6.45, 7) is 9.02. The number of esters is 3. The van der Waals surface area contributed by atoms with Crippen molar-refractivity contribution in [2.45, 2.75) is 245 Å². The summed E-state index contributed by atoms with van der Waals surface area (Å²) >= 11 is 1.34. The van der Waals surface area contributed by atoms with Gasteiger partial charge < -0.3 is 29.3 Å². The lowest BCUT2D eigenvalue weighted by atomic mass is 10.0. The normalized spacial score (nSPS) is 12.4. The third-order valence-corrected chi connectivity index (χ3v) is 13.6. The van der Waals surface area contributed by atoms with Crippen LogP contribution in [0.1, 0.15) is 247 Å². The van der Waals surface area contributed by atoms with Gasteiger partial charge >= 0.3 is 17.9 Å². The predicted octanol–water partition coefficient (Wildman–Crippen LogP) is 13.3. The van der Waals surface area contributed by atoms with Crippen molar-refractivity contribution in [2.24, 2.45) is 0 Å². The van der Waals surface area contributed by atoms with Crippen LogP contribution >= 0.6 is 11.3 Å². The molecule has 1 aliphatic heterocycles. The molecule has 1 N–H and O–H groups in total. The highest BCUT2D eigenvalue weighted by atomic mass is 32.1. The van der Waals surface area contributed by atoms with Crippen LogP contribution in [0.4, 0.5) is 5.00 Å². The Morgan fingerprint density at radius 3 is 1.69 bits per heavy atom. The summed E-state index contributed by atoms with van der Waals surface area (Å²) in [5, 5.41) is 3.43. The summed E-state index contributed by atoms with van der Waals surface area (Å²) in [5.41, 5.74) is 1.22. The highest BCUT2D eigenvalue weighted by Gasteiger charge is 2.31. The zero-order valence-corrected chi connectivity index (χ0v) is 42.8. The maximum Gasteiger partial charge on any atom is 0.341 e. The lowest BCUT2D eigenvalue weighted by molar-refractivity contribution is -0.150. The molecule has 0 radical (unpaired) electrons. The van der Waals surface area contributed by atoms with Crippen molar-refractivity contribution in [1.82, 2.24) is 9.80 Å². The fourth-order valence-electron chi connectivity index (χ4n) is 8.47. The topological polar surface area (TPSA) is 132 Å². The second kappa shape index (κ2) is 38.0. The summed E-state index contributed by atoms with van der Waals surface area (Å²) in [5.74, 6) is -1.04. The summed E-state index contributed by atoms with van der Waals surface area (Å²) in [4.78, 5) is 70.1. The number of amides is 2. The molecule has 0 bridgehead atoms. The van der Waals surface area contributed by atoms with Gasteiger partial charge in [0.15, 0.2) is 0 Å². The third kappa shape index (κ3) is 28.1. The number of anilines is 1. The molecule has 65 heavy (non-hydrogen) atoms. The van der Waals surface area contributed by atoms with Crippen LogP contribution in [0.2, 0.25) is 0 Å². The Hall–Kier alpha value is -2.99. The standard InChI is InChI=1S/C53H93N3O8S/c1-6-9-12-15-18-19-20-23-30-41-62-49(59)36-28-26-34-47(57)54-52-51(53(61)63-42-31-39-55(4)5)45-38-40-56(43-46(45)65-52)48(58)35-27-29-37-50(60)64-44(32-24-21-16-13-10-7-2)33-25-22-17-14-11-8-3/h44H,6-43H2,1-5H3,(H,54,57). The van der Waals surface area contributed by atoms with E-state index < -0.39 is 5.97 Å². The number of ether oxygens (including phenoxy) is 3. The fraction of sp³-hybridized carbons (Fsp3) is 0.830. The van der Waals surface area contributed by atoms with E-state index in [0.29, 0.717) is 81.6 Å². The number of nitrogens with zero attached hydrogens (tertiary/aromatic N) is 2. The van der Waals surface area contributed by atoms with Crippen molar-refractivity contribution >= 4 is 46.1 Å². The van der Waals surface area contributed by atoms with Crippen LogP contribution in [0, 0.1) is 0 Å². The van der Waals surface area contributed by atoms with Gasteiger partial charge in [0.25, 0.3) is 0 Å². The van der Waals surface area contributed by atoms with Crippen LogP contribution in [-0.4, -0.2) is 86.0 Å². The van der Waals surface area contributed by atoms with Crippen LogP contribution < -0.4 is 5.32 Å². The molecule has 0 saturated carbocycles. The Balaban J connectivity index is 1.85. The lowest BCUT2D eigenvalue weighted by Crippen LogP contribution is -2.35. The first kappa shape index (κ1) is 58.1. The molecule has 11 nitrogen and oxygen atoms in total. The van der Waals surface area contributed by atoms with E-state index in [0.717, 1.165) is 55.5 Å². The van der Waals surface area contributed by atoms with E-state index in [1.165, 1.54) is 120 Å². The number of rotatable bonds is 41. The van der Waals surface area contributed by atoms with Gasteiger partial charge in [-0.1, -0.05) is 136 Å². The molecule has 0 fully saturated rings. The molecule has 0 saturated heterocycles. The molecule has 0 spiro atoms. The van der Waals surface area contributed by atoms with Crippen molar-refractivity contribution in [1.29, 1.82) is 0 Å². The van der Waals surface area contributed by atoms with Gasteiger partial charge in [0.05, 0.1) is 25.3 Å². The molecule has 1 aromatic heterocycles. The highest BCUT2D eigenvalue weighted by molar-refractivity contribution is 7.17. The monoisotopic (exact) mass is 932 g/mol. The van der Waals surface area contributed by atoms with E-state index in [1.807, 2.05) is 23.9 Å². The van der Waals surface area contributed by atoms with Gasteiger partial charge in [-0.25, -0.2) is 4.79 Å². The lowest BCUT2D eigenvalue weighted by Gasteiger charge is -2.27. The molecule has 374 valence electrons.